The maximum atomic E-state index is 5.42. The van der Waals surface area contributed by atoms with Crippen molar-refractivity contribution in [3.05, 3.63) is 0 Å². The summed E-state index contributed by atoms with van der Waals surface area (Å²) in [7, 11) is 4.92. The number of hydrogen-bond donors (Lipinski definition) is 4. The lowest BCUT2D eigenvalue weighted by Gasteiger charge is -2.24. The van der Waals surface area contributed by atoms with E-state index in [1.165, 1.54) is 25.7 Å². The predicted molar refractivity (Wildman–Crippen MR) is 134 cm³/mol. The van der Waals surface area contributed by atoms with Crippen LogP contribution in [0.1, 0.15) is 51.4 Å². The molecule has 196 valence electrons. The van der Waals surface area contributed by atoms with Crippen LogP contribution in [0.4, 0.5) is 0 Å². The fraction of sp³-hybridized carbons (Fsp3) is 1.00. The van der Waals surface area contributed by atoms with Gasteiger partial charge in [0.1, 0.15) is 0 Å². The average Bonchev–Trinajstić information content (AvgIpc) is 2.84. The standard InChI is InChI=1S/2C10H26N2O3Si/c2*1-13-16(14-2,15-3)10-12-9-7-5-4-6-8-11/h2*12H,4-11H2,1-3H3. The Balaban J connectivity index is 0. The third kappa shape index (κ3) is 17.5. The molecule has 0 heterocycles. The number of unbranched alkanes of at least 4 members (excludes halogenated alkanes) is 6. The second-order valence-electron chi connectivity index (χ2n) is 7.35. The third-order valence-corrected chi connectivity index (χ3v) is 10.3. The summed E-state index contributed by atoms with van der Waals surface area (Å²) in [5.74, 6) is 0. The molecule has 0 atom stereocenters. The zero-order valence-electron chi connectivity index (χ0n) is 21.5. The molecule has 0 rings (SSSR count). The topological polar surface area (TPSA) is 131 Å². The zero-order valence-corrected chi connectivity index (χ0v) is 23.5. The highest BCUT2D eigenvalue weighted by Crippen LogP contribution is 2.05. The Bertz CT molecular complexity index is 331. The van der Waals surface area contributed by atoms with Crippen molar-refractivity contribution in [2.75, 3.05) is 81.2 Å². The van der Waals surface area contributed by atoms with Crippen LogP contribution in [0.15, 0.2) is 0 Å². The minimum absolute atomic E-state index is 0.660. The molecule has 0 aliphatic rings. The fourth-order valence-electron chi connectivity index (χ4n) is 2.91. The van der Waals surface area contributed by atoms with Gasteiger partial charge in [-0.2, -0.15) is 0 Å². The maximum Gasteiger partial charge on any atom is 0.514 e. The van der Waals surface area contributed by atoms with E-state index in [4.69, 9.17) is 38.0 Å². The van der Waals surface area contributed by atoms with Gasteiger partial charge in [0, 0.05) is 42.7 Å². The van der Waals surface area contributed by atoms with E-state index in [1.807, 2.05) is 0 Å². The highest BCUT2D eigenvalue weighted by molar-refractivity contribution is 6.61. The molecule has 0 aromatic carbocycles. The summed E-state index contributed by atoms with van der Waals surface area (Å²) >= 11 is 0. The van der Waals surface area contributed by atoms with E-state index in [1.54, 1.807) is 42.7 Å². The lowest BCUT2D eigenvalue weighted by atomic mass is 10.2. The molecule has 10 nitrogen and oxygen atoms in total. The molecule has 0 spiro atoms. The Morgan fingerprint density at radius 2 is 0.750 bits per heavy atom. The lowest BCUT2D eigenvalue weighted by molar-refractivity contribution is 0.121. The van der Waals surface area contributed by atoms with Gasteiger partial charge in [-0.3, -0.25) is 0 Å². The SMILES string of the molecule is CO[Si](CNCCCCCCN)(OC)OC.CO[Si](CNCCCCCCN)(OC)OC. The molecule has 32 heavy (non-hydrogen) atoms. The van der Waals surface area contributed by atoms with E-state index in [-0.39, 0.29) is 0 Å². The van der Waals surface area contributed by atoms with Gasteiger partial charge < -0.3 is 48.7 Å². The highest BCUT2D eigenvalue weighted by atomic mass is 28.4. The molecule has 0 saturated carbocycles. The first-order chi connectivity index (χ1) is 15.5. The van der Waals surface area contributed by atoms with Crippen LogP contribution in [0.25, 0.3) is 0 Å². The smallest absolute Gasteiger partial charge is 0.376 e. The molecule has 0 saturated heterocycles. The van der Waals surface area contributed by atoms with Crippen LogP contribution in [-0.4, -0.2) is 98.8 Å². The van der Waals surface area contributed by atoms with Gasteiger partial charge in [0.2, 0.25) is 0 Å². The van der Waals surface area contributed by atoms with Crippen LogP contribution in [0.5, 0.6) is 0 Å². The molecule has 0 radical (unpaired) electrons. The van der Waals surface area contributed by atoms with E-state index < -0.39 is 17.6 Å². The van der Waals surface area contributed by atoms with E-state index in [0.717, 1.165) is 51.9 Å². The van der Waals surface area contributed by atoms with Crippen LogP contribution in [0.2, 0.25) is 0 Å². The highest BCUT2D eigenvalue weighted by Gasteiger charge is 2.37. The summed E-state index contributed by atoms with van der Waals surface area (Å²) in [5, 5.41) is 6.62. The number of nitrogens with one attached hydrogen (secondary N) is 2. The van der Waals surface area contributed by atoms with E-state index in [9.17, 15) is 0 Å². The first kappa shape index (κ1) is 34.2. The second-order valence-corrected chi connectivity index (χ2v) is 13.2. The molecule has 0 amide bonds. The van der Waals surface area contributed by atoms with Crippen molar-refractivity contribution >= 4 is 17.6 Å². The van der Waals surface area contributed by atoms with Crippen LogP contribution < -0.4 is 22.1 Å². The molecular formula is C20H52N4O6Si2. The Morgan fingerprint density at radius 1 is 0.469 bits per heavy atom. The third-order valence-electron chi connectivity index (χ3n) is 5.16. The molecule has 6 N–H and O–H groups in total. The van der Waals surface area contributed by atoms with Gasteiger partial charge in [-0.15, -0.1) is 0 Å². The zero-order chi connectivity index (χ0) is 24.6. The first-order valence-corrected chi connectivity index (χ1v) is 15.5. The van der Waals surface area contributed by atoms with Crippen molar-refractivity contribution in [2.24, 2.45) is 11.5 Å². The number of nitrogens with two attached hydrogens (primary N) is 2. The molecule has 0 aromatic heterocycles. The molecule has 0 fully saturated rings. The van der Waals surface area contributed by atoms with Crippen LogP contribution >= 0.6 is 0 Å². The monoisotopic (exact) mass is 500 g/mol. The maximum absolute atomic E-state index is 5.42. The van der Waals surface area contributed by atoms with Gasteiger partial charge in [0.05, 0.1) is 12.3 Å². The predicted octanol–water partition coefficient (Wildman–Crippen LogP) is 1.02. The van der Waals surface area contributed by atoms with Gasteiger partial charge in [-0.05, 0) is 51.9 Å². The molecule has 0 aliphatic heterocycles. The first-order valence-electron chi connectivity index (χ1n) is 11.6. The summed E-state index contributed by atoms with van der Waals surface area (Å²) in [4.78, 5) is 0. The summed E-state index contributed by atoms with van der Waals surface area (Å²) in [6, 6.07) is 0. The Kier molecular flexibility index (Phi) is 25.8. The number of rotatable bonds is 22. The summed E-state index contributed by atoms with van der Waals surface area (Å²) in [6.07, 6.45) is 10.7. The fourth-order valence-corrected chi connectivity index (χ4v) is 5.74. The van der Waals surface area contributed by atoms with Crippen molar-refractivity contribution in [1.82, 2.24) is 10.6 Å². The van der Waals surface area contributed by atoms with Gasteiger partial charge in [-0.1, -0.05) is 25.7 Å². The van der Waals surface area contributed by atoms with Crippen molar-refractivity contribution < 1.29 is 26.6 Å². The average molecular weight is 501 g/mol. The summed E-state index contributed by atoms with van der Waals surface area (Å²) < 4.78 is 31.8. The van der Waals surface area contributed by atoms with E-state index >= 15 is 0 Å². The molecule has 12 heteroatoms. The Labute approximate surface area is 199 Å². The minimum Gasteiger partial charge on any atom is -0.376 e. The summed E-state index contributed by atoms with van der Waals surface area (Å²) in [5.41, 5.74) is 10.8. The summed E-state index contributed by atoms with van der Waals surface area (Å²) in [6.45, 7) is 3.52. The van der Waals surface area contributed by atoms with Crippen molar-refractivity contribution in [3.8, 4) is 0 Å². The van der Waals surface area contributed by atoms with E-state index in [0.29, 0.717) is 12.3 Å². The van der Waals surface area contributed by atoms with Crippen LogP contribution in [0, 0.1) is 0 Å². The van der Waals surface area contributed by atoms with Crippen LogP contribution in [-0.2, 0) is 26.6 Å². The largest absolute Gasteiger partial charge is 0.514 e. The van der Waals surface area contributed by atoms with Crippen molar-refractivity contribution in [1.29, 1.82) is 0 Å². The molecule has 0 unspecified atom stereocenters. The van der Waals surface area contributed by atoms with E-state index in [2.05, 4.69) is 10.6 Å². The van der Waals surface area contributed by atoms with Crippen LogP contribution in [0.3, 0.4) is 0 Å². The molecule has 0 bridgehead atoms. The van der Waals surface area contributed by atoms with Crippen molar-refractivity contribution in [3.63, 3.8) is 0 Å². The number of hydrogen-bond acceptors (Lipinski definition) is 10. The Hall–Kier alpha value is 0.0338. The Morgan fingerprint density at radius 3 is 1.00 bits per heavy atom. The molecular weight excluding hydrogens is 448 g/mol. The van der Waals surface area contributed by atoms with Gasteiger partial charge in [-0.25, -0.2) is 0 Å². The second kappa shape index (κ2) is 24.2. The molecule has 0 aromatic rings. The minimum atomic E-state index is -2.42. The lowest BCUT2D eigenvalue weighted by Crippen LogP contribution is -2.52. The quantitative estimate of drug-likeness (QED) is 0.126. The normalized spacial score (nSPS) is 12.0. The van der Waals surface area contributed by atoms with Crippen molar-refractivity contribution in [2.45, 2.75) is 51.4 Å². The van der Waals surface area contributed by atoms with Gasteiger partial charge in [0.15, 0.2) is 0 Å². The molecule has 0 aliphatic carbocycles. The van der Waals surface area contributed by atoms with Gasteiger partial charge in [0.25, 0.3) is 0 Å². The van der Waals surface area contributed by atoms with Gasteiger partial charge >= 0.3 is 17.6 Å².